The van der Waals surface area contributed by atoms with Crippen LogP contribution >= 0.6 is 0 Å². The highest BCUT2D eigenvalue weighted by Crippen LogP contribution is 2.40. The molecule has 0 bridgehead atoms. The van der Waals surface area contributed by atoms with Crippen LogP contribution in [0.15, 0.2) is 35.6 Å². The fourth-order valence-corrected chi connectivity index (χ4v) is 3.90. The Morgan fingerprint density at radius 2 is 2.14 bits per heavy atom. The summed E-state index contributed by atoms with van der Waals surface area (Å²) in [5.41, 5.74) is 2.49. The van der Waals surface area contributed by atoms with Gasteiger partial charge in [0.1, 0.15) is 6.33 Å². The van der Waals surface area contributed by atoms with Gasteiger partial charge in [-0.15, -0.1) is 0 Å². The second kappa shape index (κ2) is 10.2. The molecule has 1 saturated carbocycles. The first-order valence-corrected chi connectivity index (χ1v) is 10.2. The van der Waals surface area contributed by atoms with E-state index in [9.17, 15) is 0 Å². The number of guanidine groups is 1. The lowest BCUT2D eigenvalue weighted by atomic mass is 9.83. The molecule has 7 heteroatoms. The first-order chi connectivity index (χ1) is 13.7. The quantitative estimate of drug-likeness (QED) is 0.457. The molecule has 0 amide bonds. The molecule has 3 N–H and O–H groups in total. The number of rotatable bonds is 9. The topological polar surface area (TPSA) is 87.2 Å². The molecule has 1 aliphatic carbocycles. The van der Waals surface area contributed by atoms with E-state index in [-0.39, 0.29) is 0 Å². The number of hydrogen-bond acceptors (Lipinski definition) is 4. The summed E-state index contributed by atoms with van der Waals surface area (Å²) in [6, 6.07) is 8.24. The fraction of sp³-hybridized carbons (Fsp3) is 0.571. The number of methoxy groups -OCH3 is 1. The molecule has 152 valence electrons. The number of ether oxygens (including phenoxy) is 1. The summed E-state index contributed by atoms with van der Waals surface area (Å²) in [6.45, 7) is 5.32. The van der Waals surface area contributed by atoms with Gasteiger partial charge >= 0.3 is 0 Å². The maximum atomic E-state index is 5.34. The lowest BCUT2D eigenvalue weighted by molar-refractivity contribution is 0.138. The molecular weight excluding hydrogens is 352 g/mol. The van der Waals surface area contributed by atoms with E-state index in [1.165, 1.54) is 32.0 Å². The molecule has 0 radical (unpaired) electrons. The first kappa shape index (κ1) is 20.3. The first-order valence-electron chi connectivity index (χ1n) is 10.2. The highest BCUT2D eigenvalue weighted by Gasteiger charge is 2.33. The van der Waals surface area contributed by atoms with Crippen molar-refractivity contribution in [3.05, 3.63) is 36.2 Å². The Balaban J connectivity index is 1.63. The van der Waals surface area contributed by atoms with E-state index in [1.807, 2.05) is 12.1 Å². The van der Waals surface area contributed by atoms with E-state index in [0.717, 1.165) is 49.0 Å². The zero-order valence-corrected chi connectivity index (χ0v) is 17.0. The van der Waals surface area contributed by atoms with Crippen LogP contribution in [-0.2, 0) is 11.3 Å². The molecule has 1 aromatic heterocycles. The summed E-state index contributed by atoms with van der Waals surface area (Å²) in [4.78, 5) is 9.02. The molecule has 2 aromatic rings. The van der Waals surface area contributed by atoms with Gasteiger partial charge in [-0.25, -0.2) is 9.98 Å². The zero-order valence-electron chi connectivity index (χ0n) is 17.0. The van der Waals surface area contributed by atoms with Gasteiger partial charge in [0.05, 0.1) is 6.54 Å². The van der Waals surface area contributed by atoms with Gasteiger partial charge in [0.25, 0.3) is 0 Å². The zero-order chi connectivity index (χ0) is 19.7. The maximum absolute atomic E-state index is 5.34. The van der Waals surface area contributed by atoms with E-state index in [4.69, 9.17) is 9.73 Å². The minimum atomic E-state index is 0.332. The van der Waals surface area contributed by atoms with Crippen molar-refractivity contribution in [2.75, 3.05) is 26.8 Å². The molecule has 0 unspecified atom stereocenters. The summed E-state index contributed by atoms with van der Waals surface area (Å²) < 4.78 is 5.34. The average Bonchev–Trinajstić information content (AvgIpc) is 3.42. The molecule has 0 spiro atoms. The van der Waals surface area contributed by atoms with Crippen LogP contribution in [0, 0.1) is 5.41 Å². The largest absolute Gasteiger partial charge is 0.385 e. The van der Waals surface area contributed by atoms with Crippen molar-refractivity contribution in [2.45, 2.75) is 45.6 Å². The number of hydrogen-bond donors (Lipinski definition) is 3. The minimum Gasteiger partial charge on any atom is -0.385 e. The highest BCUT2D eigenvalue weighted by atomic mass is 16.5. The van der Waals surface area contributed by atoms with Gasteiger partial charge in [0.15, 0.2) is 11.8 Å². The number of aromatic amines is 1. The van der Waals surface area contributed by atoms with Crippen LogP contribution in [0.4, 0.5) is 0 Å². The van der Waals surface area contributed by atoms with E-state index >= 15 is 0 Å². The number of nitrogens with one attached hydrogen (secondary N) is 3. The van der Waals surface area contributed by atoms with Gasteiger partial charge in [0.2, 0.25) is 0 Å². The Morgan fingerprint density at radius 3 is 2.86 bits per heavy atom. The van der Waals surface area contributed by atoms with Gasteiger partial charge in [-0.2, -0.15) is 5.10 Å². The lowest BCUT2D eigenvalue weighted by Crippen LogP contribution is -2.43. The van der Waals surface area contributed by atoms with E-state index in [0.29, 0.717) is 12.0 Å². The Labute approximate surface area is 167 Å². The third-order valence-corrected chi connectivity index (χ3v) is 5.51. The van der Waals surface area contributed by atoms with Gasteiger partial charge in [-0.1, -0.05) is 31.0 Å². The normalized spacial score (nSPS) is 16.3. The van der Waals surface area contributed by atoms with Gasteiger partial charge in [-0.3, -0.25) is 5.10 Å². The molecule has 1 heterocycles. The van der Waals surface area contributed by atoms with Crippen LogP contribution < -0.4 is 10.6 Å². The van der Waals surface area contributed by atoms with Crippen LogP contribution in [0.5, 0.6) is 0 Å². The Bertz CT molecular complexity index is 737. The van der Waals surface area contributed by atoms with Crippen LogP contribution in [0.25, 0.3) is 11.4 Å². The van der Waals surface area contributed by atoms with Crippen LogP contribution in [0.2, 0.25) is 0 Å². The lowest BCUT2D eigenvalue weighted by Gasteiger charge is -2.30. The molecule has 0 aliphatic heterocycles. The highest BCUT2D eigenvalue weighted by molar-refractivity contribution is 5.79. The Kier molecular flexibility index (Phi) is 7.42. The summed E-state index contributed by atoms with van der Waals surface area (Å²) in [7, 11) is 1.79. The number of H-pyrrole nitrogens is 1. The van der Waals surface area contributed by atoms with Crippen LogP contribution in [-0.4, -0.2) is 47.9 Å². The molecule has 0 atom stereocenters. The number of benzene rings is 1. The van der Waals surface area contributed by atoms with Crippen molar-refractivity contribution >= 4 is 5.96 Å². The maximum Gasteiger partial charge on any atom is 0.191 e. The van der Waals surface area contributed by atoms with Gasteiger partial charge in [0, 0.05) is 32.4 Å². The Morgan fingerprint density at radius 1 is 1.29 bits per heavy atom. The second-order valence-electron chi connectivity index (χ2n) is 7.53. The van der Waals surface area contributed by atoms with Crippen LogP contribution in [0.1, 0.15) is 44.6 Å². The summed E-state index contributed by atoms with van der Waals surface area (Å²) in [5.74, 6) is 1.65. The molecule has 28 heavy (non-hydrogen) atoms. The molecule has 1 fully saturated rings. The van der Waals surface area contributed by atoms with Crippen molar-refractivity contribution in [3.8, 4) is 11.4 Å². The summed E-state index contributed by atoms with van der Waals surface area (Å²) in [6.07, 6.45) is 7.79. The SMILES string of the molecule is CCNC(=NCc1cccc(-c2ncn[nH]2)c1)NCC1(CCOC)CCCC1. The van der Waals surface area contributed by atoms with Gasteiger partial charge < -0.3 is 15.4 Å². The third kappa shape index (κ3) is 5.55. The Hall–Kier alpha value is -2.41. The predicted octanol–water partition coefficient (Wildman–Crippen LogP) is 3.12. The fourth-order valence-electron chi connectivity index (χ4n) is 3.90. The molecule has 3 rings (SSSR count). The number of aromatic nitrogens is 3. The predicted molar refractivity (Wildman–Crippen MR) is 112 cm³/mol. The smallest absolute Gasteiger partial charge is 0.191 e. The number of nitrogens with zero attached hydrogens (tertiary/aromatic N) is 3. The standard InChI is InChI=1S/C21H32N6O/c1-3-22-20(24-15-21(11-12-28-2)9-4-5-10-21)23-14-17-7-6-8-18(13-17)19-25-16-26-27-19/h6-8,13,16H,3-5,9-12,14-15H2,1-2H3,(H2,22,23,24)(H,25,26,27). The number of aliphatic imine (C=N–C) groups is 1. The average molecular weight is 385 g/mol. The molecule has 7 nitrogen and oxygen atoms in total. The molecule has 0 saturated heterocycles. The van der Waals surface area contributed by atoms with Crippen molar-refractivity contribution in [3.63, 3.8) is 0 Å². The van der Waals surface area contributed by atoms with Gasteiger partial charge in [-0.05, 0) is 43.2 Å². The molecule has 1 aliphatic rings. The summed E-state index contributed by atoms with van der Waals surface area (Å²) in [5, 5.41) is 13.8. The second-order valence-corrected chi connectivity index (χ2v) is 7.53. The van der Waals surface area contributed by atoms with E-state index < -0.39 is 0 Å². The minimum absolute atomic E-state index is 0.332. The van der Waals surface area contributed by atoms with E-state index in [2.05, 4.69) is 44.9 Å². The summed E-state index contributed by atoms with van der Waals surface area (Å²) >= 11 is 0. The van der Waals surface area contributed by atoms with Crippen LogP contribution in [0.3, 0.4) is 0 Å². The molecular formula is C21H32N6O. The van der Waals surface area contributed by atoms with Crippen molar-refractivity contribution in [1.29, 1.82) is 0 Å². The van der Waals surface area contributed by atoms with Crippen molar-refractivity contribution < 1.29 is 4.74 Å². The van der Waals surface area contributed by atoms with E-state index in [1.54, 1.807) is 7.11 Å². The third-order valence-electron chi connectivity index (χ3n) is 5.51. The van der Waals surface area contributed by atoms with Crippen molar-refractivity contribution in [1.82, 2.24) is 25.8 Å². The molecule has 1 aromatic carbocycles. The monoisotopic (exact) mass is 384 g/mol. The van der Waals surface area contributed by atoms with Crippen molar-refractivity contribution in [2.24, 2.45) is 10.4 Å².